The average Bonchev–Trinajstić information content (AvgIpc) is 3.00. The first-order chi connectivity index (χ1) is 8.34. The first kappa shape index (κ1) is 11.5. The van der Waals surface area contributed by atoms with Crippen molar-refractivity contribution in [2.45, 2.75) is 44.2 Å². The van der Waals surface area contributed by atoms with Gasteiger partial charge in [0.2, 0.25) is 5.91 Å². The molecule has 3 aliphatic heterocycles. The Kier molecular flexibility index (Phi) is 3.34. The molecule has 1 amide bonds. The van der Waals surface area contributed by atoms with Gasteiger partial charge >= 0.3 is 0 Å². The van der Waals surface area contributed by atoms with E-state index in [1.807, 2.05) is 0 Å². The van der Waals surface area contributed by atoms with E-state index >= 15 is 0 Å². The largest absolute Gasteiger partial charge is 0.372 e. The maximum absolute atomic E-state index is 12.5. The van der Waals surface area contributed by atoms with Crippen LogP contribution in [-0.4, -0.2) is 60.6 Å². The van der Waals surface area contributed by atoms with Crippen LogP contribution in [0.3, 0.4) is 0 Å². The summed E-state index contributed by atoms with van der Waals surface area (Å²) < 4.78 is 5.30. The SMILES string of the molecule is O=C([C@H]1CCCCN1C[C@@H]1CO1)N1CCCC1. The monoisotopic (exact) mass is 238 g/mol. The van der Waals surface area contributed by atoms with Gasteiger partial charge in [0, 0.05) is 19.6 Å². The molecule has 0 aliphatic carbocycles. The van der Waals surface area contributed by atoms with E-state index in [0.29, 0.717) is 12.0 Å². The second-order valence-corrected chi connectivity index (χ2v) is 5.49. The second-order valence-electron chi connectivity index (χ2n) is 5.49. The molecular formula is C13H22N2O2. The van der Waals surface area contributed by atoms with Crippen LogP contribution in [-0.2, 0) is 9.53 Å². The number of ether oxygens (including phenoxy) is 1. The smallest absolute Gasteiger partial charge is 0.239 e. The summed E-state index contributed by atoms with van der Waals surface area (Å²) in [6, 6.07) is 0.144. The molecule has 3 heterocycles. The van der Waals surface area contributed by atoms with E-state index in [-0.39, 0.29) is 6.04 Å². The summed E-state index contributed by atoms with van der Waals surface area (Å²) in [4.78, 5) is 16.9. The summed E-state index contributed by atoms with van der Waals surface area (Å²) in [5.74, 6) is 0.378. The summed E-state index contributed by atoms with van der Waals surface area (Å²) in [6.45, 7) is 4.88. The topological polar surface area (TPSA) is 36.1 Å². The zero-order chi connectivity index (χ0) is 11.7. The van der Waals surface area contributed by atoms with Gasteiger partial charge in [0.25, 0.3) is 0 Å². The molecule has 3 rings (SSSR count). The maximum Gasteiger partial charge on any atom is 0.239 e. The van der Waals surface area contributed by atoms with E-state index in [4.69, 9.17) is 4.74 Å². The standard InChI is InChI=1S/C13H22N2O2/c16-13(14-6-3-4-7-14)12-5-1-2-8-15(12)9-11-10-17-11/h11-12H,1-10H2/t11-,12-/m1/s1. The van der Waals surface area contributed by atoms with Crippen LogP contribution in [0.25, 0.3) is 0 Å². The number of piperidine rings is 1. The number of hydrogen-bond donors (Lipinski definition) is 0. The molecule has 0 N–H and O–H groups in total. The van der Waals surface area contributed by atoms with Gasteiger partial charge in [-0.25, -0.2) is 0 Å². The summed E-state index contributed by atoms with van der Waals surface area (Å²) in [5, 5.41) is 0. The fourth-order valence-corrected chi connectivity index (χ4v) is 3.07. The van der Waals surface area contributed by atoms with Gasteiger partial charge in [0.15, 0.2) is 0 Å². The van der Waals surface area contributed by atoms with Crippen LogP contribution >= 0.6 is 0 Å². The highest BCUT2D eigenvalue weighted by molar-refractivity contribution is 5.82. The van der Waals surface area contributed by atoms with Crippen molar-refractivity contribution in [2.24, 2.45) is 0 Å². The second kappa shape index (κ2) is 4.94. The number of likely N-dealkylation sites (tertiary alicyclic amines) is 2. The highest BCUT2D eigenvalue weighted by Crippen LogP contribution is 2.23. The Morgan fingerprint density at radius 1 is 1.12 bits per heavy atom. The van der Waals surface area contributed by atoms with Gasteiger partial charge in [-0.3, -0.25) is 9.69 Å². The van der Waals surface area contributed by atoms with Crippen LogP contribution in [0.15, 0.2) is 0 Å². The van der Waals surface area contributed by atoms with Gasteiger partial charge < -0.3 is 9.64 Å². The molecule has 3 saturated heterocycles. The van der Waals surface area contributed by atoms with Crippen molar-refractivity contribution in [2.75, 3.05) is 32.8 Å². The predicted octanol–water partition coefficient (Wildman–Crippen LogP) is 0.862. The molecule has 4 nitrogen and oxygen atoms in total. The molecular weight excluding hydrogens is 216 g/mol. The summed E-state index contributed by atoms with van der Waals surface area (Å²) in [7, 11) is 0. The van der Waals surface area contributed by atoms with Gasteiger partial charge in [0.05, 0.1) is 18.8 Å². The zero-order valence-electron chi connectivity index (χ0n) is 10.4. The van der Waals surface area contributed by atoms with Crippen LogP contribution in [0.1, 0.15) is 32.1 Å². The molecule has 4 heteroatoms. The Morgan fingerprint density at radius 3 is 2.53 bits per heavy atom. The summed E-state index contributed by atoms with van der Waals surface area (Å²) in [6.07, 6.45) is 6.25. The molecule has 3 aliphatic rings. The van der Waals surface area contributed by atoms with Crippen molar-refractivity contribution < 1.29 is 9.53 Å². The normalized spacial score (nSPS) is 34.0. The fraction of sp³-hybridized carbons (Fsp3) is 0.923. The molecule has 0 aromatic rings. The van der Waals surface area contributed by atoms with Crippen LogP contribution in [0, 0.1) is 0 Å². The molecule has 0 aromatic carbocycles. The van der Waals surface area contributed by atoms with Gasteiger partial charge in [-0.05, 0) is 32.2 Å². The Morgan fingerprint density at radius 2 is 1.82 bits per heavy atom. The van der Waals surface area contributed by atoms with E-state index in [9.17, 15) is 4.79 Å². The minimum Gasteiger partial charge on any atom is -0.372 e. The molecule has 0 saturated carbocycles. The minimum atomic E-state index is 0.144. The Labute approximate surface area is 103 Å². The number of nitrogens with zero attached hydrogens (tertiary/aromatic N) is 2. The third-order valence-electron chi connectivity index (χ3n) is 4.16. The lowest BCUT2D eigenvalue weighted by Gasteiger charge is -2.36. The van der Waals surface area contributed by atoms with E-state index in [1.165, 1.54) is 25.7 Å². The number of rotatable bonds is 3. The van der Waals surface area contributed by atoms with Crippen LogP contribution in [0.2, 0.25) is 0 Å². The summed E-state index contributed by atoms with van der Waals surface area (Å²) in [5.41, 5.74) is 0. The Bertz CT molecular complexity index is 285. The van der Waals surface area contributed by atoms with E-state index in [2.05, 4.69) is 9.80 Å². The number of epoxide rings is 1. The predicted molar refractivity (Wildman–Crippen MR) is 64.8 cm³/mol. The van der Waals surface area contributed by atoms with E-state index in [1.54, 1.807) is 0 Å². The lowest BCUT2D eigenvalue weighted by atomic mass is 10.0. The van der Waals surface area contributed by atoms with Gasteiger partial charge in [-0.2, -0.15) is 0 Å². The van der Waals surface area contributed by atoms with Crippen LogP contribution in [0.5, 0.6) is 0 Å². The quantitative estimate of drug-likeness (QED) is 0.684. The third kappa shape index (κ3) is 2.63. The average molecular weight is 238 g/mol. The fourth-order valence-electron chi connectivity index (χ4n) is 3.07. The van der Waals surface area contributed by atoms with E-state index < -0.39 is 0 Å². The molecule has 3 fully saturated rings. The van der Waals surface area contributed by atoms with Crippen LogP contribution < -0.4 is 0 Å². The third-order valence-corrected chi connectivity index (χ3v) is 4.16. The zero-order valence-corrected chi connectivity index (χ0v) is 10.4. The molecule has 2 atom stereocenters. The molecule has 0 radical (unpaired) electrons. The summed E-state index contributed by atoms with van der Waals surface area (Å²) >= 11 is 0. The first-order valence-electron chi connectivity index (χ1n) is 6.99. The van der Waals surface area contributed by atoms with Crippen molar-refractivity contribution in [3.05, 3.63) is 0 Å². The van der Waals surface area contributed by atoms with Crippen LogP contribution in [0.4, 0.5) is 0 Å². The number of amides is 1. The van der Waals surface area contributed by atoms with Crippen molar-refractivity contribution in [1.29, 1.82) is 0 Å². The first-order valence-corrected chi connectivity index (χ1v) is 6.99. The number of carbonyl (C=O) groups is 1. The maximum atomic E-state index is 12.5. The van der Waals surface area contributed by atoms with Crippen molar-refractivity contribution in [3.8, 4) is 0 Å². The highest BCUT2D eigenvalue weighted by Gasteiger charge is 2.36. The minimum absolute atomic E-state index is 0.144. The molecule has 0 aromatic heterocycles. The van der Waals surface area contributed by atoms with Crippen molar-refractivity contribution >= 4 is 5.91 Å². The Balaban J connectivity index is 1.62. The lowest BCUT2D eigenvalue weighted by Crippen LogP contribution is -2.51. The highest BCUT2D eigenvalue weighted by atomic mass is 16.6. The van der Waals surface area contributed by atoms with Crippen molar-refractivity contribution in [1.82, 2.24) is 9.80 Å². The van der Waals surface area contributed by atoms with E-state index in [0.717, 1.165) is 39.2 Å². The molecule has 0 bridgehead atoms. The lowest BCUT2D eigenvalue weighted by molar-refractivity contribution is -0.137. The number of carbonyl (C=O) groups excluding carboxylic acids is 1. The Hall–Kier alpha value is -0.610. The number of hydrogen-bond acceptors (Lipinski definition) is 3. The molecule has 96 valence electrons. The molecule has 0 spiro atoms. The van der Waals surface area contributed by atoms with Gasteiger partial charge in [-0.15, -0.1) is 0 Å². The van der Waals surface area contributed by atoms with Gasteiger partial charge in [-0.1, -0.05) is 6.42 Å². The molecule has 0 unspecified atom stereocenters. The van der Waals surface area contributed by atoms with Crippen molar-refractivity contribution in [3.63, 3.8) is 0 Å². The van der Waals surface area contributed by atoms with Gasteiger partial charge in [0.1, 0.15) is 0 Å². The molecule has 17 heavy (non-hydrogen) atoms.